The first kappa shape index (κ1) is 32.5. The SMILES string of the molecule is CC(C)C[C@H](NC(=O)C(=O)NC(C)(C)C)C(=O)N[C@@H](C[C@@H]1CCNC1=O)C(=O)COc1c(F)c(F)cc(F)c1F. The van der Waals surface area contributed by atoms with E-state index in [-0.39, 0.29) is 30.7 Å². The van der Waals surface area contributed by atoms with Crippen molar-refractivity contribution in [3.8, 4) is 5.75 Å². The minimum atomic E-state index is -1.85. The fourth-order valence-corrected chi connectivity index (χ4v) is 3.94. The average Bonchev–Trinajstić information content (AvgIpc) is 3.24. The largest absolute Gasteiger partial charge is 0.479 e. The summed E-state index contributed by atoms with van der Waals surface area (Å²) < 4.78 is 59.8. The molecule has 4 amide bonds. The molecule has 1 aromatic rings. The Kier molecular flexibility index (Phi) is 11.0. The van der Waals surface area contributed by atoms with Gasteiger partial charge in [-0.2, -0.15) is 8.78 Å². The van der Waals surface area contributed by atoms with E-state index in [1.165, 1.54) is 0 Å². The molecule has 14 heteroatoms. The van der Waals surface area contributed by atoms with Crippen LogP contribution in [0.2, 0.25) is 0 Å². The second-order valence-electron chi connectivity index (χ2n) is 11.0. The summed E-state index contributed by atoms with van der Waals surface area (Å²) in [4.78, 5) is 63.0. The van der Waals surface area contributed by atoms with E-state index in [9.17, 15) is 41.5 Å². The standard InChI is InChI=1S/C26H34F4N4O6/c1-12(2)8-17(33-24(38)25(39)34-26(3,4)5)23(37)32-16(9-13-6-7-31-22(13)36)18(35)11-40-21-19(29)14(27)10-15(28)20(21)30/h10,12-13,16-17H,6-9,11H2,1-5H3,(H,31,36)(H,32,37)(H,33,38)(H,34,39)/t13-,16-,17-/m0/s1. The summed E-state index contributed by atoms with van der Waals surface area (Å²) in [6.07, 6.45) is 0.173. The summed E-state index contributed by atoms with van der Waals surface area (Å²) in [5, 5.41) is 9.80. The molecule has 0 aromatic heterocycles. The zero-order chi connectivity index (χ0) is 30.4. The van der Waals surface area contributed by atoms with Crippen molar-refractivity contribution >= 4 is 29.4 Å². The van der Waals surface area contributed by atoms with E-state index in [0.29, 0.717) is 13.0 Å². The molecule has 222 valence electrons. The van der Waals surface area contributed by atoms with Crippen LogP contribution in [0.3, 0.4) is 0 Å². The van der Waals surface area contributed by atoms with Crippen LogP contribution < -0.4 is 26.0 Å². The first-order valence-corrected chi connectivity index (χ1v) is 12.7. The maximum atomic E-state index is 14.0. The van der Waals surface area contributed by atoms with Gasteiger partial charge in [-0.3, -0.25) is 24.0 Å². The summed E-state index contributed by atoms with van der Waals surface area (Å²) in [6, 6.07) is -2.73. The fourth-order valence-electron chi connectivity index (χ4n) is 3.94. The molecule has 1 fully saturated rings. The Morgan fingerprint density at radius 3 is 2.10 bits per heavy atom. The molecule has 1 aliphatic heterocycles. The second kappa shape index (κ2) is 13.6. The summed E-state index contributed by atoms with van der Waals surface area (Å²) in [5.41, 5.74) is -0.729. The second-order valence-corrected chi connectivity index (χ2v) is 11.0. The highest BCUT2D eigenvalue weighted by Crippen LogP contribution is 2.26. The fraction of sp³-hybridized carbons (Fsp3) is 0.577. The van der Waals surface area contributed by atoms with Gasteiger partial charge < -0.3 is 26.0 Å². The van der Waals surface area contributed by atoms with Crippen LogP contribution in [0, 0.1) is 35.1 Å². The highest BCUT2D eigenvalue weighted by molar-refractivity contribution is 6.35. The van der Waals surface area contributed by atoms with Crippen LogP contribution in [0.4, 0.5) is 17.6 Å². The van der Waals surface area contributed by atoms with Gasteiger partial charge in [0.2, 0.25) is 23.4 Å². The number of nitrogens with one attached hydrogen (secondary N) is 4. The van der Waals surface area contributed by atoms with Crippen LogP contribution in [-0.2, 0) is 24.0 Å². The van der Waals surface area contributed by atoms with Crippen molar-refractivity contribution in [2.45, 2.75) is 71.5 Å². The van der Waals surface area contributed by atoms with E-state index in [1.807, 2.05) is 0 Å². The number of Topliss-reactive ketones (excluding diaryl/α,β-unsaturated/α-hetero) is 1. The molecule has 40 heavy (non-hydrogen) atoms. The van der Waals surface area contributed by atoms with Gasteiger partial charge in [-0.1, -0.05) is 13.8 Å². The van der Waals surface area contributed by atoms with Crippen molar-refractivity contribution in [3.63, 3.8) is 0 Å². The third-order valence-corrected chi connectivity index (χ3v) is 5.84. The topological polar surface area (TPSA) is 143 Å². The Balaban J connectivity index is 2.24. The Bertz CT molecular complexity index is 1130. The zero-order valence-corrected chi connectivity index (χ0v) is 22.9. The predicted molar refractivity (Wildman–Crippen MR) is 134 cm³/mol. The molecule has 0 bridgehead atoms. The summed E-state index contributed by atoms with van der Waals surface area (Å²) in [5.74, 6) is -13.8. The minimum Gasteiger partial charge on any atom is -0.479 e. The van der Waals surface area contributed by atoms with Gasteiger partial charge in [0.05, 0.1) is 6.04 Å². The molecule has 0 radical (unpaired) electrons. The number of benzene rings is 1. The Morgan fingerprint density at radius 1 is 1.00 bits per heavy atom. The van der Waals surface area contributed by atoms with Crippen molar-refractivity contribution in [3.05, 3.63) is 29.3 Å². The van der Waals surface area contributed by atoms with Crippen molar-refractivity contribution in [2.24, 2.45) is 11.8 Å². The number of ether oxygens (including phenoxy) is 1. The third-order valence-electron chi connectivity index (χ3n) is 5.84. The molecule has 1 heterocycles. The quantitative estimate of drug-likeness (QED) is 0.180. The lowest BCUT2D eigenvalue weighted by Crippen LogP contribution is -2.56. The number of rotatable bonds is 11. The van der Waals surface area contributed by atoms with Gasteiger partial charge in [0, 0.05) is 24.1 Å². The van der Waals surface area contributed by atoms with Gasteiger partial charge in [-0.05, 0) is 46.0 Å². The zero-order valence-electron chi connectivity index (χ0n) is 22.9. The summed E-state index contributed by atoms with van der Waals surface area (Å²) in [7, 11) is 0. The van der Waals surface area contributed by atoms with E-state index in [4.69, 9.17) is 4.74 Å². The number of hydrogen-bond acceptors (Lipinski definition) is 6. The maximum Gasteiger partial charge on any atom is 0.309 e. The van der Waals surface area contributed by atoms with Crippen LogP contribution in [0.1, 0.15) is 53.9 Å². The molecular formula is C26H34F4N4O6. The van der Waals surface area contributed by atoms with Crippen molar-refractivity contribution < 1.29 is 46.3 Å². The normalized spacial score (nSPS) is 16.6. The number of ketones is 1. The lowest BCUT2D eigenvalue weighted by molar-refractivity contribution is -0.142. The summed E-state index contributed by atoms with van der Waals surface area (Å²) in [6.45, 7) is 7.69. The molecule has 3 atom stereocenters. The van der Waals surface area contributed by atoms with E-state index >= 15 is 0 Å². The Morgan fingerprint density at radius 2 is 1.60 bits per heavy atom. The molecular weight excluding hydrogens is 540 g/mol. The number of carbonyl (C=O) groups is 5. The molecule has 0 unspecified atom stereocenters. The monoisotopic (exact) mass is 574 g/mol. The first-order chi connectivity index (χ1) is 18.5. The smallest absolute Gasteiger partial charge is 0.309 e. The Labute approximate surface area is 229 Å². The minimum absolute atomic E-state index is 0.0218. The number of halogens is 4. The van der Waals surface area contributed by atoms with Gasteiger partial charge in [-0.15, -0.1) is 0 Å². The van der Waals surface area contributed by atoms with E-state index in [1.54, 1.807) is 34.6 Å². The van der Waals surface area contributed by atoms with Crippen LogP contribution in [0.5, 0.6) is 5.75 Å². The van der Waals surface area contributed by atoms with Crippen molar-refractivity contribution in [2.75, 3.05) is 13.2 Å². The maximum absolute atomic E-state index is 14.0. The van der Waals surface area contributed by atoms with Crippen LogP contribution in [0.25, 0.3) is 0 Å². The molecule has 0 spiro atoms. The highest BCUT2D eigenvalue weighted by atomic mass is 19.2. The summed E-state index contributed by atoms with van der Waals surface area (Å²) >= 11 is 0. The molecule has 10 nitrogen and oxygen atoms in total. The van der Waals surface area contributed by atoms with Crippen molar-refractivity contribution in [1.29, 1.82) is 0 Å². The van der Waals surface area contributed by atoms with E-state index in [0.717, 1.165) is 0 Å². The molecule has 0 aliphatic carbocycles. The molecule has 1 aliphatic rings. The lowest BCUT2D eigenvalue weighted by atomic mass is 9.95. The van der Waals surface area contributed by atoms with Gasteiger partial charge >= 0.3 is 11.8 Å². The van der Waals surface area contributed by atoms with Crippen LogP contribution in [0.15, 0.2) is 6.07 Å². The lowest BCUT2D eigenvalue weighted by Gasteiger charge is -2.26. The van der Waals surface area contributed by atoms with Crippen LogP contribution >= 0.6 is 0 Å². The highest BCUT2D eigenvalue weighted by Gasteiger charge is 2.34. The van der Waals surface area contributed by atoms with E-state index in [2.05, 4.69) is 21.3 Å². The van der Waals surface area contributed by atoms with Crippen molar-refractivity contribution in [1.82, 2.24) is 21.3 Å². The molecule has 0 saturated carbocycles. The number of amides is 4. The van der Waals surface area contributed by atoms with Gasteiger partial charge in [0.15, 0.2) is 23.2 Å². The molecule has 1 saturated heterocycles. The molecule has 4 N–H and O–H groups in total. The number of hydrogen-bond donors (Lipinski definition) is 4. The molecule has 2 rings (SSSR count). The van der Waals surface area contributed by atoms with E-state index < -0.39 is 82.7 Å². The predicted octanol–water partition coefficient (Wildman–Crippen LogP) is 1.65. The Hall–Kier alpha value is -3.71. The van der Waals surface area contributed by atoms with Gasteiger partial charge in [-0.25, -0.2) is 8.78 Å². The molecule has 1 aromatic carbocycles. The first-order valence-electron chi connectivity index (χ1n) is 12.7. The number of carbonyl (C=O) groups excluding carboxylic acids is 5. The van der Waals surface area contributed by atoms with Crippen LogP contribution in [-0.4, -0.2) is 60.2 Å². The third kappa shape index (κ3) is 9.19. The average molecular weight is 575 g/mol. The van der Waals surface area contributed by atoms with Gasteiger partial charge in [0.1, 0.15) is 12.6 Å². The van der Waals surface area contributed by atoms with Gasteiger partial charge in [0.25, 0.3) is 0 Å².